The van der Waals surface area contributed by atoms with Gasteiger partial charge in [0.2, 0.25) is 0 Å². The zero-order chi connectivity index (χ0) is 17.4. The topological polar surface area (TPSA) is 98.2 Å². The Bertz CT molecular complexity index is 970. The summed E-state index contributed by atoms with van der Waals surface area (Å²) in [6.07, 6.45) is 0.272. The molecule has 7 heteroatoms. The van der Waals surface area contributed by atoms with Crippen LogP contribution in [0.5, 0.6) is 0 Å². The second-order valence-corrected chi connectivity index (χ2v) is 5.67. The van der Waals surface area contributed by atoms with Crippen LogP contribution in [0.1, 0.15) is 30.8 Å². The number of hydrogen-bond donors (Lipinski definition) is 1. The normalized spacial score (nSPS) is 12.5. The van der Waals surface area contributed by atoms with Crippen molar-refractivity contribution in [2.24, 2.45) is 0 Å². The summed E-state index contributed by atoms with van der Waals surface area (Å²) in [6.45, 7) is 5.26. The zero-order valence-electron chi connectivity index (χ0n) is 13.6. The van der Waals surface area contributed by atoms with Crippen molar-refractivity contribution in [2.75, 3.05) is 0 Å². The fraction of sp³-hybridized carbons (Fsp3) is 0.294. The molecule has 0 aliphatic rings. The molecule has 2 heterocycles. The van der Waals surface area contributed by atoms with Crippen LogP contribution in [-0.4, -0.2) is 25.8 Å². The van der Waals surface area contributed by atoms with Gasteiger partial charge in [0.1, 0.15) is 22.9 Å². The maximum Gasteiger partial charge on any atom is 0.326 e. The van der Waals surface area contributed by atoms with E-state index in [1.807, 2.05) is 31.2 Å². The van der Waals surface area contributed by atoms with Crippen molar-refractivity contribution in [3.63, 3.8) is 0 Å². The molecule has 1 N–H and O–H groups in total. The summed E-state index contributed by atoms with van der Waals surface area (Å²) in [4.78, 5) is 28.6. The molecule has 0 spiro atoms. The molecule has 0 bridgehead atoms. The third kappa shape index (κ3) is 2.47. The fourth-order valence-electron chi connectivity index (χ4n) is 2.76. The Morgan fingerprint density at radius 1 is 1.29 bits per heavy atom. The van der Waals surface area contributed by atoms with Crippen LogP contribution in [0.2, 0.25) is 0 Å². The van der Waals surface area contributed by atoms with Gasteiger partial charge in [0.25, 0.3) is 11.3 Å². The van der Waals surface area contributed by atoms with E-state index >= 15 is 0 Å². The van der Waals surface area contributed by atoms with Gasteiger partial charge in [-0.1, -0.05) is 41.9 Å². The predicted molar refractivity (Wildman–Crippen MR) is 87.9 cm³/mol. The van der Waals surface area contributed by atoms with E-state index in [2.05, 4.69) is 10.1 Å². The molecule has 1 atom stereocenters. The molecule has 1 unspecified atom stereocenters. The lowest BCUT2D eigenvalue weighted by atomic mass is 10.1. The SMILES string of the molecule is CCC(C(=O)O)n1c(C)nc2onc(-c3ccc(C)cc3)c2c1=O. The van der Waals surface area contributed by atoms with Crippen LogP contribution in [0.15, 0.2) is 33.6 Å². The lowest BCUT2D eigenvalue weighted by Crippen LogP contribution is -2.32. The molecule has 1 aromatic carbocycles. The van der Waals surface area contributed by atoms with E-state index in [0.29, 0.717) is 5.69 Å². The summed E-state index contributed by atoms with van der Waals surface area (Å²) in [5, 5.41) is 13.6. The van der Waals surface area contributed by atoms with E-state index in [0.717, 1.165) is 11.1 Å². The number of carboxylic acid groups (broad SMARTS) is 1. The van der Waals surface area contributed by atoms with E-state index in [-0.39, 0.29) is 23.3 Å². The molecule has 0 saturated carbocycles. The summed E-state index contributed by atoms with van der Waals surface area (Å²) in [5.41, 5.74) is 1.83. The van der Waals surface area contributed by atoms with Crippen molar-refractivity contribution in [3.8, 4) is 11.3 Å². The van der Waals surface area contributed by atoms with Gasteiger partial charge in [0, 0.05) is 5.56 Å². The first-order valence-corrected chi connectivity index (χ1v) is 7.62. The maximum atomic E-state index is 12.9. The Kier molecular flexibility index (Phi) is 3.92. The van der Waals surface area contributed by atoms with Crippen molar-refractivity contribution in [3.05, 3.63) is 46.0 Å². The average Bonchev–Trinajstić information content (AvgIpc) is 2.95. The number of hydrogen-bond acceptors (Lipinski definition) is 5. The molecule has 124 valence electrons. The van der Waals surface area contributed by atoms with E-state index in [9.17, 15) is 14.7 Å². The molecule has 0 saturated heterocycles. The molecule has 24 heavy (non-hydrogen) atoms. The van der Waals surface area contributed by atoms with Gasteiger partial charge in [-0.3, -0.25) is 9.36 Å². The summed E-state index contributed by atoms with van der Waals surface area (Å²) in [7, 11) is 0. The van der Waals surface area contributed by atoms with Crippen LogP contribution in [-0.2, 0) is 4.79 Å². The minimum atomic E-state index is -1.07. The quantitative estimate of drug-likeness (QED) is 0.791. The first kappa shape index (κ1) is 15.9. The van der Waals surface area contributed by atoms with Crippen LogP contribution < -0.4 is 5.56 Å². The van der Waals surface area contributed by atoms with Gasteiger partial charge < -0.3 is 9.63 Å². The van der Waals surface area contributed by atoms with E-state index in [4.69, 9.17) is 4.52 Å². The van der Waals surface area contributed by atoms with Gasteiger partial charge in [-0.2, -0.15) is 4.98 Å². The predicted octanol–water partition coefficient (Wildman–Crippen LogP) is 2.70. The molecule has 0 radical (unpaired) electrons. The summed E-state index contributed by atoms with van der Waals surface area (Å²) in [6, 6.07) is 6.51. The van der Waals surface area contributed by atoms with Gasteiger partial charge in [-0.15, -0.1) is 0 Å². The third-order valence-corrected chi connectivity index (χ3v) is 4.03. The number of fused-ring (bicyclic) bond motifs is 1. The third-order valence-electron chi connectivity index (χ3n) is 4.03. The molecule has 7 nitrogen and oxygen atoms in total. The molecular formula is C17H17N3O4. The standard InChI is InChI=1S/C17H17N3O4/c1-4-12(17(22)23)20-10(3)18-15-13(16(20)21)14(19-24-15)11-7-5-9(2)6-8-11/h5-8,12H,4H2,1-3H3,(H,22,23). The molecule has 0 fully saturated rings. The van der Waals surface area contributed by atoms with Gasteiger partial charge >= 0.3 is 5.97 Å². The molecule has 2 aromatic heterocycles. The Labute approximate surface area is 137 Å². The number of carboxylic acids is 1. The second kappa shape index (κ2) is 5.92. The Balaban J connectivity index is 2.30. The number of aromatic nitrogens is 3. The monoisotopic (exact) mass is 327 g/mol. The van der Waals surface area contributed by atoms with Gasteiger partial charge in [0.15, 0.2) is 0 Å². The lowest BCUT2D eigenvalue weighted by molar-refractivity contribution is -0.141. The number of aryl methyl sites for hydroxylation is 2. The zero-order valence-corrected chi connectivity index (χ0v) is 13.6. The van der Waals surface area contributed by atoms with Crippen LogP contribution in [0.25, 0.3) is 22.4 Å². The molecule has 0 aliphatic carbocycles. The van der Waals surface area contributed by atoms with E-state index in [1.165, 1.54) is 4.57 Å². The first-order valence-electron chi connectivity index (χ1n) is 7.62. The highest BCUT2D eigenvalue weighted by atomic mass is 16.5. The molecule has 3 rings (SSSR count). The molecular weight excluding hydrogens is 310 g/mol. The average molecular weight is 327 g/mol. The van der Waals surface area contributed by atoms with Crippen LogP contribution in [0.3, 0.4) is 0 Å². The Hall–Kier alpha value is -2.96. The fourth-order valence-corrected chi connectivity index (χ4v) is 2.76. The highest BCUT2D eigenvalue weighted by Gasteiger charge is 2.25. The summed E-state index contributed by atoms with van der Waals surface area (Å²) >= 11 is 0. The smallest absolute Gasteiger partial charge is 0.326 e. The largest absolute Gasteiger partial charge is 0.480 e. The van der Waals surface area contributed by atoms with Gasteiger partial charge in [-0.25, -0.2) is 4.79 Å². The Morgan fingerprint density at radius 2 is 1.96 bits per heavy atom. The van der Waals surface area contributed by atoms with Crippen molar-refractivity contribution < 1.29 is 14.4 Å². The van der Waals surface area contributed by atoms with Crippen molar-refractivity contribution in [1.82, 2.24) is 14.7 Å². The summed E-state index contributed by atoms with van der Waals surface area (Å²) < 4.78 is 6.40. The maximum absolute atomic E-state index is 12.9. The number of nitrogens with zero attached hydrogens (tertiary/aromatic N) is 3. The molecule has 0 aliphatic heterocycles. The second-order valence-electron chi connectivity index (χ2n) is 5.67. The Morgan fingerprint density at radius 3 is 2.54 bits per heavy atom. The lowest BCUT2D eigenvalue weighted by Gasteiger charge is -2.15. The number of carbonyl (C=O) groups is 1. The van der Waals surface area contributed by atoms with Crippen LogP contribution in [0, 0.1) is 13.8 Å². The van der Waals surface area contributed by atoms with Crippen LogP contribution in [0.4, 0.5) is 0 Å². The van der Waals surface area contributed by atoms with Gasteiger partial charge in [0.05, 0.1) is 0 Å². The minimum Gasteiger partial charge on any atom is -0.480 e. The highest BCUT2D eigenvalue weighted by Crippen LogP contribution is 2.26. The summed E-state index contributed by atoms with van der Waals surface area (Å²) in [5.74, 6) is -0.787. The van der Waals surface area contributed by atoms with Gasteiger partial charge in [-0.05, 0) is 20.3 Å². The first-order chi connectivity index (χ1) is 11.4. The highest BCUT2D eigenvalue weighted by molar-refractivity contribution is 5.89. The van der Waals surface area contributed by atoms with E-state index in [1.54, 1.807) is 13.8 Å². The van der Waals surface area contributed by atoms with Crippen molar-refractivity contribution in [1.29, 1.82) is 0 Å². The number of benzene rings is 1. The number of rotatable bonds is 4. The van der Waals surface area contributed by atoms with E-state index < -0.39 is 17.6 Å². The number of aliphatic carboxylic acids is 1. The van der Waals surface area contributed by atoms with Crippen LogP contribution >= 0.6 is 0 Å². The molecule has 3 aromatic rings. The minimum absolute atomic E-state index is 0.115. The van der Waals surface area contributed by atoms with Crippen molar-refractivity contribution >= 4 is 17.1 Å². The van der Waals surface area contributed by atoms with Crippen molar-refractivity contribution in [2.45, 2.75) is 33.2 Å². The molecule has 0 amide bonds.